The van der Waals surface area contributed by atoms with Crippen molar-refractivity contribution in [3.8, 4) is 0 Å². The van der Waals surface area contributed by atoms with Gasteiger partial charge in [-0.2, -0.15) is 0 Å². The molecule has 0 unspecified atom stereocenters. The third kappa shape index (κ3) is 5.74. The fourth-order valence-corrected chi connectivity index (χ4v) is 6.15. The fraction of sp³-hybridized carbons (Fsp3) is 0.778. The lowest BCUT2D eigenvalue weighted by Gasteiger charge is -2.22. The van der Waals surface area contributed by atoms with Gasteiger partial charge < -0.3 is 4.12 Å². The zero-order valence-electron chi connectivity index (χ0n) is 8.81. The molecular formula is C9H21OSi2. The van der Waals surface area contributed by atoms with Crippen molar-refractivity contribution in [2.75, 3.05) is 0 Å². The van der Waals surface area contributed by atoms with E-state index in [9.17, 15) is 0 Å². The highest BCUT2D eigenvalue weighted by atomic mass is 28.4. The van der Waals surface area contributed by atoms with Gasteiger partial charge in [0, 0.05) is 0 Å². The van der Waals surface area contributed by atoms with Gasteiger partial charge in [-0.25, -0.2) is 0 Å². The summed E-state index contributed by atoms with van der Waals surface area (Å²) in [5.41, 5.74) is 2.02. The van der Waals surface area contributed by atoms with Gasteiger partial charge in [0.05, 0.1) is 0 Å². The second kappa shape index (κ2) is 5.72. The van der Waals surface area contributed by atoms with Gasteiger partial charge in [-0.1, -0.05) is 25.5 Å². The molecule has 0 atom stereocenters. The van der Waals surface area contributed by atoms with E-state index in [4.69, 9.17) is 4.12 Å². The van der Waals surface area contributed by atoms with Gasteiger partial charge in [-0.05, 0) is 25.7 Å². The highest BCUT2D eigenvalue weighted by Crippen LogP contribution is 2.11. The first-order chi connectivity index (χ1) is 5.52. The Kier molecular flexibility index (Phi) is 5.79. The minimum Gasteiger partial charge on any atom is -0.453 e. The Hall–Kier alpha value is 0.134. The molecule has 12 heavy (non-hydrogen) atoms. The second-order valence-electron chi connectivity index (χ2n) is 3.72. The van der Waals surface area contributed by atoms with Gasteiger partial charge in [-0.3, -0.25) is 0 Å². The Morgan fingerprint density at radius 2 is 2.08 bits per heavy atom. The Labute approximate surface area is 79.7 Å². The fourth-order valence-electron chi connectivity index (χ4n) is 0.967. The topological polar surface area (TPSA) is 9.23 Å². The minimum absolute atomic E-state index is 0.531. The van der Waals surface area contributed by atoms with Crippen molar-refractivity contribution in [3.05, 3.63) is 12.3 Å². The zero-order valence-corrected chi connectivity index (χ0v) is 10.8. The second-order valence-corrected chi connectivity index (χ2v) is 10.1. The van der Waals surface area contributed by atoms with Crippen LogP contribution in [0.5, 0.6) is 0 Å². The van der Waals surface area contributed by atoms with E-state index in [1.807, 2.05) is 5.70 Å². The maximum Gasteiger partial charge on any atom is 0.197 e. The van der Waals surface area contributed by atoms with Crippen molar-refractivity contribution in [2.24, 2.45) is 0 Å². The highest BCUT2D eigenvalue weighted by Gasteiger charge is 2.20. The van der Waals surface area contributed by atoms with E-state index in [0.29, 0.717) is 0 Å². The monoisotopic (exact) mass is 201 g/mol. The molecule has 0 aromatic rings. The maximum absolute atomic E-state index is 6.01. The molecule has 0 N–H and O–H groups in total. The molecule has 0 heterocycles. The van der Waals surface area contributed by atoms with Crippen molar-refractivity contribution in [3.63, 3.8) is 0 Å². The van der Waals surface area contributed by atoms with Crippen LogP contribution in [0.4, 0.5) is 0 Å². The van der Waals surface area contributed by atoms with E-state index in [1.165, 1.54) is 18.9 Å². The predicted molar refractivity (Wildman–Crippen MR) is 60.1 cm³/mol. The molecule has 0 saturated carbocycles. The molecule has 1 radical (unpaired) electrons. The quantitative estimate of drug-likeness (QED) is 0.599. The molecule has 0 bridgehead atoms. The van der Waals surface area contributed by atoms with Crippen LogP contribution in [0.1, 0.15) is 19.8 Å². The molecular weight excluding hydrogens is 180 g/mol. The lowest BCUT2D eigenvalue weighted by atomic mass is 10.4. The average molecular weight is 201 g/mol. The summed E-state index contributed by atoms with van der Waals surface area (Å²) < 4.78 is 6.01. The molecule has 0 saturated heterocycles. The van der Waals surface area contributed by atoms with Gasteiger partial charge >= 0.3 is 0 Å². The normalized spacial score (nSPS) is 12.1. The van der Waals surface area contributed by atoms with Gasteiger partial charge in [0.1, 0.15) is 0 Å². The first-order valence-corrected chi connectivity index (χ1v) is 9.77. The number of hydrogen-bond acceptors (Lipinski definition) is 1. The van der Waals surface area contributed by atoms with Gasteiger partial charge in [0.25, 0.3) is 0 Å². The summed E-state index contributed by atoms with van der Waals surface area (Å²) in [5, 5.41) is 0. The SMILES string of the molecule is C=C[Si](C)(C)O[Si](C)CCCC. The largest absolute Gasteiger partial charge is 0.453 e. The Morgan fingerprint density at radius 1 is 1.50 bits per heavy atom. The van der Waals surface area contributed by atoms with Crippen LogP contribution in [0, 0.1) is 0 Å². The first-order valence-electron chi connectivity index (χ1n) is 4.67. The van der Waals surface area contributed by atoms with Gasteiger partial charge in [-0.15, -0.1) is 6.58 Å². The molecule has 0 rings (SSSR count). The molecule has 0 aliphatic carbocycles. The van der Waals surface area contributed by atoms with E-state index in [-0.39, 0.29) is 0 Å². The van der Waals surface area contributed by atoms with E-state index in [1.54, 1.807) is 0 Å². The van der Waals surface area contributed by atoms with Crippen LogP contribution in [0.2, 0.25) is 25.7 Å². The average Bonchev–Trinajstić information content (AvgIpc) is 2.00. The minimum atomic E-state index is -1.48. The molecule has 0 aliphatic rings. The standard InChI is InChI=1S/C9H21OSi2/c1-6-8-9-11(3)10-12(4,5)7-2/h7H,2,6,8-9H2,1,3-5H3. The summed E-state index contributed by atoms with van der Waals surface area (Å²) in [6, 6.07) is 1.28. The summed E-state index contributed by atoms with van der Waals surface area (Å²) in [5.74, 6) is 0. The number of rotatable bonds is 6. The molecule has 0 aromatic carbocycles. The summed E-state index contributed by atoms with van der Waals surface area (Å²) in [4.78, 5) is 0. The van der Waals surface area contributed by atoms with Crippen LogP contribution < -0.4 is 0 Å². The van der Waals surface area contributed by atoms with E-state index in [0.717, 1.165) is 0 Å². The van der Waals surface area contributed by atoms with Gasteiger partial charge in [0.2, 0.25) is 0 Å². The first kappa shape index (κ1) is 12.1. The van der Waals surface area contributed by atoms with Crippen molar-refractivity contribution in [1.29, 1.82) is 0 Å². The molecule has 0 aliphatic heterocycles. The van der Waals surface area contributed by atoms with E-state index in [2.05, 4.69) is 33.1 Å². The third-order valence-corrected chi connectivity index (χ3v) is 7.35. The Balaban J connectivity index is 3.67. The predicted octanol–water partition coefficient (Wildman–Crippen LogP) is 3.35. The van der Waals surface area contributed by atoms with Crippen molar-refractivity contribution in [2.45, 2.75) is 45.5 Å². The molecule has 1 nitrogen and oxygen atoms in total. The lowest BCUT2D eigenvalue weighted by Crippen LogP contribution is -2.34. The van der Waals surface area contributed by atoms with Gasteiger partial charge in [0.15, 0.2) is 17.4 Å². The van der Waals surface area contributed by atoms with Crippen LogP contribution in [0.25, 0.3) is 0 Å². The molecule has 0 amide bonds. The molecule has 0 spiro atoms. The third-order valence-electron chi connectivity index (χ3n) is 1.81. The van der Waals surface area contributed by atoms with Crippen LogP contribution in [0.15, 0.2) is 12.3 Å². The van der Waals surface area contributed by atoms with Crippen molar-refractivity contribution in [1.82, 2.24) is 0 Å². The summed E-state index contributed by atoms with van der Waals surface area (Å²) in [6.45, 7) is 12.7. The lowest BCUT2D eigenvalue weighted by molar-refractivity contribution is 0.574. The summed E-state index contributed by atoms with van der Waals surface area (Å²) >= 11 is 0. The Bertz CT molecular complexity index is 134. The van der Waals surface area contributed by atoms with E-state index >= 15 is 0 Å². The number of hydrogen-bond donors (Lipinski definition) is 0. The summed E-state index contributed by atoms with van der Waals surface area (Å²) in [6.07, 6.45) is 2.59. The zero-order chi connectivity index (χ0) is 9.61. The Morgan fingerprint density at radius 3 is 2.50 bits per heavy atom. The smallest absolute Gasteiger partial charge is 0.197 e. The maximum atomic E-state index is 6.01. The molecule has 0 aromatic heterocycles. The number of unbranched alkanes of at least 4 members (excludes halogenated alkanes) is 1. The van der Waals surface area contributed by atoms with Crippen molar-refractivity contribution >= 4 is 17.4 Å². The molecule has 71 valence electrons. The highest BCUT2D eigenvalue weighted by molar-refractivity contribution is 6.81. The van der Waals surface area contributed by atoms with Crippen LogP contribution in [0.3, 0.4) is 0 Å². The van der Waals surface area contributed by atoms with Crippen LogP contribution in [-0.4, -0.2) is 17.4 Å². The van der Waals surface area contributed by atoms with E-state index < -0.39 is 17.4 Å². The molecule has 0 fully saturated rings. The van der Waals surface area contributed by atoms with Crippen LogP contribution >= 0.6 is 0 Å². The summed E-state index contributed by atoms with van der Waals surface area (Å²) in [7, 11) is -2.01. The van der Waals surface area contributed by atoms with Crippen LogP contribution in [-0.2, 0) is 4.12 Å². The van der Waals surface area contributed by atoms with Crippen molar-refractivity contribution < 1.29 is 4.12 Å². The molecule has 3 heteroatoms.